The van der Waals surface area contributed by atoms with Crippen molar-refractivity contribution < 1.29 is 4.79 Å². The van der Waals surface area contributed by atoms with Crippen LogP contribution in [0.2, 0.25) is 0 Å². The van der Waals surface area contributed by atoms with Crippen molar-refractivity contribution in [3.63, 3.8) is 0 Å². The van der Waals surface area contributed by atoms with E-state index in [0.29, 0.717) is 17.5 Å². The monoisotopic (exact) mass is 411 g/mol. The average molecular weight is 412 g/mol. The van der Waals surface area contributed by atoms with Crippen LogP contribution < -0.4 is 5.32 Å². The molecule has 3 aliphatic rings. The summed E-state index contributed by atoms with van der Waals surface area (Å²) in [7, 11) is 0. The van der Waals surface area contributed by atoms with E-state index in [2.05, 4.69) is 12.2 Å². The number of nitrogens with zero attached hydrogens (tertiary/aromatic N) is 2. The molecule has 1 amide bonds. The van der Waals surface area contributed by atoms with Gasteiger partial charge in [0, 0.05) is 23.1 Å². The van der Waals surface area contributed by atoms with Crippen molar-refractivity contribution >= 4 is 5.91 Å². The summed E-state index contributed by atoms with van der Waals surface area (Å²) in [6.45, 7) is 2.26. The molecule has 0 bridgehead atoms. The normalized spacial score (nSPS) is 24.0. The first-order valence-electron chi connectivity index (χ1n) is 12.8. The number of carbonyl (C=O) groups excluding carboxylic acids is 1. The minimum absolute atomic E-state index is 0.0228. The average Bonchev–Trinajstić information content (AvgIpc) is 3.21. The second kappa shape index (κ2) is 10.2. The van der Waals surface area contributed by atoms with Gasteiger partial charge in [-0.05, 0) is 51.5 Å². The fourth-order valence-electron chi connectivity index (χ4n) is 5.56. The number of amides is 1. The first-order chi connectivity index (χ1) is 14.6. The van der Waals surface area contributed by atoms with Gasteiger partial charge in [0.1, 0.15) is 11.5 Å². The predicted octanol–water partition coefficient (Wildman–Crippen LogP) is 6.80. The second-order valence-corrected chi connectivity index (χ2v) is 10.5. The Bertz CT molecular complexity index is 694. The minimum Gasteiger partial charge on any atom is -0.346 e. The van der Waals surface area contributed by atoms with Crippen molar-refractivity contribution in [1.29, 1.82) is 0 Å². The lowest BCUT2D eigenvalue weighted by Crippen LogP contribution is -2.46. The smallest absolute Gasteiger partial charge is 0.270 e. The van der Waals surface area contributed by atoms with E-state index < -0.39 is 0 Å². The van der Waals surface area contributed by atoms with Crippen molar-refractivity contribution in [3.05, 3.63) is 23.3 Å². The number of hydrogen-bond acceptors (Lipinski definition) is 3. The number of carbonyl (C=O) groups is 1. The Labute approximate surface area is 183 Å². The highest BCUT2D eigenvalue weighted by molar-refractivity contribution is 5.92. The lowest BCUT2D eigenvalue weighted by Gasteiger charge is -2.31. The van der Waals surface area contributed by atoms with Crippen LogP contribution in [0.25, 0.3) is 0 Å². The lowest BCUT2D eigenvalue weighted by atomic mass is 9.82. The van der Waals surface area contributed by atoms with Gasteiger partial charge < -0.3 is 5.32 Å². The zero-order valence-corrected chi connectivity index (χ0v) is 19.1. The third-order valence-corrected chi connectivity index (χ3v) is 7.86. The van der Waals surface area contributed by atoms with Crippen LogP contribution in [0.5, 0.6) is 0 Å². The lowest BCUT2D eigenvalue weighted by molar-refractivity contribution is 0.0887. The van der Waals surface area contributed by atoms with E-state index >= 15 is 0 Å². The third-order valence-electron chi connectivity index (χ3n) is 7.86. The second-order valence-electron chi connectivity index (χ2n) is 10.5. The van der Waals surface area contributed by atoms with E-state index in [9.17, 15) is 4.79 Å². The van der Waals surface area contributed by atoms with Crippen LogP contribution in [0.1, 0.15) is 150 Å². The molecule has 0 aliphatic heterocycles. The molecule has 4 rings (SSSR count). The highest BCUT2D eigenvalue weighted by atomic mass is 16.2. The molecule has 0 radical (unpaired) electrons. The molecule has 30 heavy (non-hydrogen) atoms. The van der Waals surface area contributed by atoms with Gasteiger partial charge in [0.05, 0.1) is 0 Å². The Balaban J connectivity index is 1.50. The van der Waals surface area contributed by atoms with Crippen LogP contribution in [0, 0.1) is 0 Å². The van der Waals surface area contributed by atoms with E-state index in [0.717, 1.165) is 24.4 Å². The van der Waals surface area contributed by atoms with E-state index in [4.69, 9.17) is 9.97 Å². The van der Waals surface area contributed by atoms with E-state index in [-0.39, 0.29) is 11.4 Å². The Hall–Kier alpha value is -1.45. The Kier molecular flexibility index (Phi) is 7.43. The summed E-state index contributed by atoms with van der Waals surface area (Å²) in [5.74, 6) is 1.95. The molecule has 0 spiro atoms. The third kappa shape index (κ3) is 5.62. The standard InChI is InChI=1S/C26H41N3O/c1-26(17-10-6-4-2-3-5-7-11-18-26)29-25(30)23-19-22(20-15-12-16-20)27-24(28-23)21-13-8-9-14-21/h19-21H,2-18H2,1H3,(H,29,30). The summed E-state index contributed by atoms with van der Waals surface area (Å²) < 4.78 is 0. The molecule has 1 heterocycles. The summed E-state index contributed by atoms with van der Waals surface area (Å²) in [6.07, 6.45) is 21.2. The molecule has 1 N–H and O–H groups in total. The Morgan fingerprint density at radius 2 is 1.37 bits per heavy atom. The van der Waals surface area contributed by atoms with Gasteiger partial charge in [0.25, 0.3) is 5.91 Å². The van der Waals surface area contributed by atoms with E-state index in [1.54, 1.807) is 0 Å². The van der Waals surface area contributed by atoms with Crippen LogP contribution in [0.4, 0.5) is 0 Å². The highest BCUT2D eigenvalue weighted by Gasteiger charge is 2.30. The molecule has 3 saturated carbocycles. The van der Waals surface area contributed by atoms with Crippen molar-refractivity contribution in [2.24, 2.45) is 0 Å². The van der Waals surface area contributed by atoms with Gasteiger partial charge >= 0.3 is 0 Å². The zero-order chi connectivity index (χ0) is 20.8. The summed E-state index contributed by atoms with van der Waals surface area (Å²) >= 11 is 0. The van der Waals surface area contributed by atoms with E-state index in [1.807, 2.05) is 6.07 Å². The fraction of sp³-hybridized carbons (Fsp3) is 0.808. The summed E-state index contributed by atoms with van der Waals surface area (Å²) in [5, 5.41) is 3.44. The van der Waals surface area contributed by atoms with Crippen molar-refractivity contribution in [3.8, 4) is 0 Å². The molecule has 0 unspecified atom stereocenters. The van der Waals surface area contributed by atoms with Gasteiger partial charge in [-0.15, -0.1) is 0 Å². The Morgan fingerprint density at radius 1 is 0.800 bits per heavy atom. The van der Waals surface area contributed by atoms with Crippen molar-refractivity contribution in [1.82, 2.24) is 15.3 Å². The molecule has 166 valence electrons. The first-order valence-corrected chi connectivity index (χ1v) is 12.8. The van der Waals surface area contributed by atoms with Gasteiger partial charge in [0.15, 0.2) is 0 Å². The maximum atomic E-state index is 13.4. The predicted molar refractivity (Wildman–Crippen MR) is 122 cm³/mol. The van der Waals surface area contributed by atoms with Gasteiger partial charge in [-0.3, -0.25) is 4.79 Å². The largest absolute Gasteiger partial charge is 0.346 e. The topological polar surface area (TPSA) is 54.9 Å². The number of nitrogens with one attached hydrogen (secondary N) is 1. The molecule has 1 aromatic rings. The molecule has 0 atom stereocenters. The number of rotatable bonds is 4. The molecule has 0 saturated heterocycles. The SMILES string of the molecule is CC1(NC(=O)c2cc(C3CCC3)nc(C3CCCC3)n2)CCCCCCCCCC1. The number of aromatic nitrogens is 2. The molecule has 1 aromatic heterocycles. The molecular weight excluding hydrogens is 370 g/mol. The molecule has 3 fully saturated rings. The molecule has 4 heteroatoms. The number of hydrogen-bond donors (Lipinski definition) is 1. The Morgan fingerprint density at radius 3 is 1.93 bits per heavy atom. The van der Waals surface area contributed by atoms with Crippen LogP contribution in [-0.2, 0) is 0 Å². The summed E-state index contributed by atoms with van der Waals surface area (Å²) in [4.78, 5) is 23.2. The first kappa shape index (κ1) is 21.8. The molecule has 3 aliphatic carbocycles. The van der Waals surface area contributed by atoms with Crippen LogP contribution in [0.3, 0.4) is 0 Å². The summed E-state index contributed by atoms with van der Waals surface area (Å²) in [6, 6.07) is 2.01. The quantitative estimate of drug-likeness (QED) is 0.592. The zero-order valence-electron chi connectivity index (χ0n) is 19.1. The van der Waals surface area contributed by atoms with E-state index in [1.165, 1.54) is 96.3 Å². The van der Waals surface area contributed by atoms with Crippen molar-refractivity contribution in [2.75, 3.05) is 0 Å². The van der Waals surface area contributed by atoms with Crippen LogP contribution in [-0.4, -0.2) is 21.4 Å². The minimum atomic E-state index is -0.115. The van der Waals surface area contributed by atoms with Crippen LogP contribution in [0.15, 0.2) is 6.07 Å². The molecule has 0 aromatic carbocycles. The van der Waals surface area contributed by atoms with Gasteiger partial charge in [0.2, 0.25) is 0 Å². The molecule has 4 nitrogen and oxygen atoms in total. The summed E-state index contributed by atoms with van der Waals surface area (Å²) in [5.41, 5.74) is 1.62. The van der Waals surface area contributed by atoms with Gasteiger partial charge in [-0.25, -0.2) is 9.97 Å². The van der Waals surface area contributed by atoms with Crippen molar-refractivity contribution in [2.45, 2.75) is 133 Å². The maximum Gasteiger partial charge on any atom is 0.270 e. The maximum absolute atomic E-state index is 13.4. The fourth-order valence-corrected chi connectivity index (χ4v) is 5.56. The molecular formula is C26H41N3O. The highest BCUT2D eigenvalue weighted by Crippen LogP contribution is 2.38. The van der Waals surface area contributed by atoms with Gasteiger partial charge in [-0.2, -0.15) is 0 Å². The van der Waals surface area contributed by atoms with Gasteiger partial charge in [-0.1, -0.05) is 70.6 Å². The van der Waals surface area contributed by atoms with Crippen LogP contribution >= 0.6 is 0 Å².